The summed E-state index contributed by atoms with van der Waals surface area (Å²) in [6, 6.07) is 7.41. The molecule has 2 amide bonds. The number of piperidine rings is 1. The Labute approximate surface area is 151 Å². The minimum atomic E-state index is -0.395. The van der Waals surface area contributed by atoms with E-state index in [-0.39, 0.29) is 11.8 Å². The number of amides is 2. The number of benzene rings is 1. The molecule has 0 bridgehead atoms. The minimum absolute atomic E-state index is 0.0199. The van der Waals surface area contributed by atoms with E-state index in [2.05, 4.69) is 16.0 Å². The molecule has 1 aliphatic rings. The van der Waals surface area contributed by atoms with Crippen LogP contribution in [0.15, 0.2) is 24.3 Å². The van der Waals surface area contributed by atoms with Crippen molar-refractivity contribution in [2.45, 2.75) is 46.6 Å². The van der Waals surface area contributed by atoms with Crippen molar-refractivity contribution < 1.29 is 9.59 Å². The van der Waals surface area contributed by atoms with Gasteiger partial charge in [0, 0.05) is 24.1 Å². The van der Waals surface area contributed by atoms with Crippen LogP contribution in [0.5, 0.6) is 0 Å². The number of nitrogens with one attached hydrogen (secondary N) is 3. The average Bonchev–Trinajstić information content (AvgIpc) is 2.60. The first-order chi connectivity index (χ1) is 11.9. The van der Waals surface area contributed by atoms with Gasteiger partial charge in [-0.15, -0.1) is 0 Å². The van der Waals surface area contributed by atoms with Gasteiger partial charge in [0.05, 0.1) is 0 Å². The largest absolute Gasteiger partial charge is 0.352 e. The standard InChI is InChI=1S/C20H31N3O2/c1-20(2,3)19(25)23-14-16-6-8-17(9-7-16)18(24)22-12-10-15-5-4-11-21-13-15/h6-9,15,21H,4-5,10-14H2,1-3H3,(H,22,24)(H,23,25). The molecule has 2 rings (SSSR count). The van der Waals surface area contributed by atoms with E-state index in [9.17, 15) is 9.59 Å². The predicted molar refractivity (Wildman–Crippen MR) is 100 cm³/mol. The molecule has 0 spiro atoms. The lowest BCUT2D eigenvalue weighted by Gasteiger charge is -2.22. The fourth-order valence-electron chi connectivity index (χ4n) is 2.88. The summed E-state index contributed by atoms with van der Waals surface area (Å²) in [5, 5.41) is 9.31. The Bertz CT molecular complexity index is 570. The third-order valence-electron chi connectivity index (χ3n) is 4.59. The van der Waals surface area contributed by atoms with Gasteiger partial charge < -0.3 is 16.0 Å². The van der Waals surface area contributed by atoms with Gasteiger partial charge in [0.15, 0.2) is 0 Å². The molecule has 1 aromatic rings. The van der Waals surface area contributed by atoms with Gasteiger partial charge in [0.1, 0.15) is 0 Å². The lowest BCUT2D eigenvalue weighted by molar-refractivity contribution is -0.128. The second kappa shape index (κ2) is 8.99. The van der Waals surface area contributed by atoms with E-state index in [0.29, 0.717) is 24.6 Å². The average molecular weight is 345 g/mol. The van der Waals surface area contributed by atoms with Crippen molar-refractivity contribution in [3.8, 4) is 0 Å². The summed E-state index contributed by atoms with van der Waals surface area (Å²) >= 11 is 0. The van der Waals surface area contributed by atoms with Crippen LogP contribution in [-0.2, 0) is 11.3 Å². The normalized spacial score (nSPS) is 17.8. The number of hydrogen-bond donors (Lipinski definition) is 3. The van der Waals surface area contributed by atoms with Crippen molar-refractivity contribution in [1.29, 1.82) is 0 Å². The maximum absolute atomic E-state index is 12.2. The van der Waals surface area contributed by atoms with Gasteiger partial charge >= 0.3 is 0 Å². The zero-order valence-corrected chi connectivity index (χ0v) is 15.7. The van der Waals surface area contributed by atoms with Gasteiger partial charge in [-0.25, -0.2) is 0 Å². The van der Waals surface area contributed by atoms with Gasteiger partial charge in [-0.1, -0.05) is 32.9 Å². The zero-order chi connectivity index (χ0) is 18.3. The van der Waals surface area contributed by atoms with E-state index in [4.69, 9.17) is 0 Å². The lowest BCUT2D eigenvalue weighted by atomic mass is 9.95. The SMILES string of the molecule is CC(C)(C)C(=O)NCc1ccc(C(=O)NCCC2CCCNC2)cc1. The maximum Gasteiger partial charge on any atom is 0.251 e. The molecule has 1 saturated heterocycles. The van der Waals surface area contributed by atoms with Gasteiger partial charge in [0.2, 0.25) is 5.91 Å². The van der Waals surface area contributed by atoms with Crippen LogP contribution < -0.4 is 16.0 Å². The molecule has 0 saturated carbocycles. The smallest absolute Gasteiger partial charge is 0.251 e. The molecule has 138 valence electrons. The molecule has 5 nitrogen and oxygen atoms in total. The van der Waals surface area contributed by atoms with E-state index in [0.717, 1.165) is 25.1 Å². The number of rotatable bonds is 6. The van der Waals surface area contributed by atoms with Crippen molar-refractivity contribution in [2.75, 3.05) is 19.6 Å². The highest BCUT2D eigenvalue weighted by molar-refractivity contribution is 5.94. The topological polar surface area (TPSA) is 70.2 Å². The molecule has 0 aromatic heterocycles. The number of carbonyl (C=O) groups is 2. The molecule has 5 heteroatoms. The second-order valence-corrected chi connectivity index (χ2v) is 7.89. The van der Waals surface area contributed by atoms with Crippen molar-refractivity contribution in [3.63, 3.8) is 0 Å². The molecule has 1 aliphatic heterocycles. The lowest BCUT2D eigenvalue weighted by Crippen LogP contribution is -2.34. The Balaban J connectivity index is 1.74. The highest BCUT2D eigenvalue weighted by Gasteiger charge is 2.20. The summed E-state index contributed by atoms with van der Waals surface area (Å²) in [5.41, 5.74) is 1.25. The summed E-state index contributed by atoms with van der Waals surface area (Å²) in [7, 11) is 0. The van der Waals surface area contributed by atoms with Gasteiger partial charge in [0.25, 0.3) is 5.91 Å². The third-order valence-corrected chi connectivity index (χ3v) is 4.59. The predicted octanol–water partition coefficient (Wildman–Crippen LogP) is 2.47. The van der Waals surface area contributed by atoms with E-state index in [1.807, 2.05) is 45.0 Å². The van der Waals surface area contributed by atoms with Gasteiger partial charge in [-0.05, 0) is 56.0 Å². The Morgan fingerprint density at radius 3 is 2.48 bits per heavy atom. The molecule has 3 N–H and O–H groups in total. The van der Waals surface area contributed by atoms with Crippen LogP contribution >= 0.6 is 0 Å². The zero-order valence-electron chi connectivity index (χ0n) is 15.7. The van der Waals surface area contributed by atoms with Crippen molar-refractivity contribution in [3.05, 3.63) is 35.4 Å². The van der Waals surface area contributed by atoms with Crippen LogP contribution in [-0.4, -0.2) is 31.4 Å². The first-order valence-corrected chi connectivity index (χ1v) is 9.22. The Morgan fingerprint density at radius 1 is 1.16 bits per heavy atom. The summed E-state index contributed by atoms with van der Waals surface area (Å²) in [6.45, 7) is 9.04. The Hall–Kier alpha value is -1.88. The third kappa shape index (κ3) is 6.50. The van der Waals surface area contributed by atoms with E-state index >= 15 is 0 Å². The quantitative estimate of drug-likeness (QED) is 0.742. The first kappa shape index (κ1) is 19.4. The molecule has 1 unspecified atom stereocenters. The molecule has 1 fully saturated rings. The fraction of sp³-hybridized carbons (Fsp3) is 0.600. The van der Waals surface area contributed by atoms with Crippen molar-refractivity contribution >= 4 is 11.8 Å². The summed E-state index contributed by atoms with van der Waals surface area (Å²) in [4.78, 5) is 24.1. The van der Waals surface area contributed by atoms with E-state index in [1.54, 1.807) is 0 Å². The van der Waals surface area contributed by atoms with Crippen LogP contribution in [0, 0.1) is 11.3 Å². The van der Waals surface area contributed by atoms with Crippen LogP contribution in [0.25, 0.3) is 0 Å². The van der Waals surface area contributed by atoms with E-state index in [1.165, 1.54) is 12.8 Å². The Kier molecular flexibility index (Phi) is 7.00. The summed E-state index contributed by atoms with van der Waals surface area (Å²) in [6.07, 6.45) is 3.50. The monoisotopic (exact) mass is 345 g/mol. The first-order valence-electron chi connectivity index (χ1n) is 9.22. The highest BCUT2D eigenvalue weighted by Crippen LogP contribution is 2.14. The highest BCUT2D eigenvalue weighted by atomic mass is 16.2. The van der Waals surface area contributed by atoms with Crippen LogP contribution in [0.2, 0.25) is 0 Å². The molecule has 1 heterocycles. The second-order valence-electron chi connectivity index (χ2n) is 7.89. The summed E-state index contributed by atoms with van der Waals surface area (Å²) < 4.78 is 0. The minimum Gasteiger partial charge on any atom is -0.352 e. The van der Waals surface area contributed by atoms with Crippen LogP contribution in [0.3, 0.4) is 0 Å². The van der Waals surface area contributed by atoms with Crippen LogP contribution in [0.4, 0.5) is 0 Å². The maximum atomic E-state index is 12.2. The molecule has 1 aromatic carbocycles. The fourth-order valence-corrected chi connectivity index (χ4v) is 2.88. The molecule has 25 heavy (non-hydrogen) atoms. The van der Waals surface area contributed by atoms with Crippen molar-refractivity contribution in [2.24, 2.45) is 11.3 Å². The molecular formula is C20H31N3O2. The summed E-state index contributed by atoms with van der Waals surface area (Å²) in [5.74, 6) is 0.656. The Morgan fingerprint density at radius 2 is 1.88 bits per heavy atom. The number of carbonyl (C=O) groups excluding carboxylic acids is 2. The molecule has 0 aliphatic carbocycles. The van der Waals surface area contributed by atoms with Crippen LogP contribution in [0.1, 0.15) is 56.0 Å². The van der Waals surface area contributed by atoms with Gasteiger partial charge in [-0.2, -0.15) is 0 Å². The molecule has 1 atom stereocenters. The molecular weight excluding hydrogens is 314 g/mol. The number of hydrogen-bond acceptors (Lipinski definition) is 3. The molecule has 0 radical (unpaired) electrons. The van der Waals surface area contributed by atoms with Crippen molar-refractivity contribution in [1.82, 2.24) is 16.0 Å². The van der Waals surface area contributed by atoms with Gasteiger partial charge in [-0.3, -0.25) is 9.59 Å². The van der Waals surface area contributed by atoms with E-state index < -0.39 is 5.41 Å².